The van der Waals surface area contributed by atoms with E-state index in [1.807, 2.05) is 0 Å². The minimum Gasteiger partial charge on any atom is -0.363 e. The first-order valence-electron chi connectivity index (χ1n) is 6.03. The lowest BCUT2D eigenvalue weighted by Crippen LogP contribution is -2.43. The summed E-state index contributed by atoms with van der Waals surface area (Å²) in [6.45, 7) is 8.73. The fourth-order valence-electron chi connectivity index (χ4n) is 2.05. The van der Waals surface area contributed by atoms with Gasteiger partial charge in [0.15, 0.2) is 5.11 Å². The van der Waals surface area contributed by atoms with Crippen molar-refractivity contribution in [3.63, 3.8) is 0 Å². The highest BCUT2D eigenvalue weighted by Crippen LogP contribution is 2.15. The van der Waals surface area contributed by atoms with Crippen LogP contribution < -0.4 is 10.6 Å². The second kappa shape index (κ2) is 7.01. The number of rotatable bonds is 5. The maximum Gasteiger partial charge on any atom is 0.166 e. The minimum atomic E-state index is 0.677. The molecule has 1 saturated heterocycles. The zero-order chi connectivity index (χ0) is 11.1. The number of nitrogens with zero attached hydrogens (tertiary/aromatic N) is 1. The molecule has 0 saturated carbocycles. The Bertz CT molecular complexity index is 196. The van der Waals surface area contributed by atoms with Gasteiger partial charge in [0, 0.05) is 19.1 Å². The molecule has 0 aliphatic carbocycles. The average molecular weight is 229 g/mol. The maximum absolute atomic E-state index is 5.19. The molecule has 0 unspecified atom stereocenters. The van der Waals surface area contributed by atoms with Crippen LogP contribution in [0.4, 0.5) is 0 Å². The van der Waals surface area contributed by atoms with E-state index in [1.165, 1.54) is 19.4 Å². The Hall–Kier alpha value is -0.350. The topological polar surface area (TPSA) is 27.3 Å². The van der Waals surface area contributed by atoms with Crippen LogP contribution >= 0.6 is 12.2 Å². The lowest BCUT2D eigenvalue weighted by Gasteiger charge is -2.23. The zero-order valence-electron chi connectivity index (χ0n) is 9.88. The van der Waals surface area contributed by atoms with Crippen molar-refractivity contribution < 1.29 is 0 Å². The molecule has 0 amide bonds. The molecule has 1 fully saturated rings. The highest BCUT2D eigenvalue weighted by molar-refractivity contribution is 7.80. The molecular formula is C11H23N3S. The summed E-state index contributed by atoms with van der Waals surface area (Å²) in [5.74, 6) is 0. The molecule has 3 nitrogen and oxygen atoms in total. The van der Waals surface area contributed by atoms with Crippen molar-refractivity contribution in [3.8, 4) is 0 Å². The minimum absolute atomic E-state index is 0.677. The predicted octanol–water partition coefficient (Wildman–Crippen LogP) is 1.34. The fraction of sp³-hybridized carbons (Fsp3) is 0.909. The van der Waals surface area contributed by atoms with Crippen molar-refractivity contribution in [2.75, 3.05) is 26.2 Å². The number of thiocarbonyl (C=S) groups is 1. The zero-order valence-corrected chi connectivity index (χ0v) is 10.7. The van der Waals surface area contributed by atoms with Gasteiger partial charge in [-0.2, -0.15) is 0 Å². The van der Waals surface area contributed by atoms with Crippen LogP contribution in [0.3, 0.4) is 0 Å². The van der Waals surface area contributed by atoms with E-state index in [1.54, 1.807) is 0 Å². The summed E-state index contributed by atoms with van der Waals surface area (Å²) in [4.78, 5) is 2.52. The van der Waals surface area contributed by atoms with Gasteiger partial charge in [-0.15, -0.1) is 0 Å². The quantitative estimate of drug-likeness (QED) is 0.696. The third kappa shape index (κ3) is 4.34. The first-order valence-corrected chi connectivity index (χ1v) is 6.44. The van der Waals surface area contributed by atoms with Crippen molar-refractivity contribution in [1.29, 1.82) is 0 Å². The Morgan fingerprint density at radius 3 is 2.87 bits per heavy atom. The Balaban J connectivity index is 2.15. The Morgan fingerprint density at radius 2 is 2.20 bits per heavy atom. The maximum atomic E-state index is 5.19. The van der Waals surface area contributed by atoms with Crippen LogP contribution in [0.2, 0.25) is 0 Å². The van der Waals surface area contributed by atoms with Gasteiger partial charge in [-0.1, -0.05) is 13.8 Å². The summed E-state index contributed by atoms with van der Waals surface area (Å²) in [5.41, 5.74) is 0. The van der Waals surface area contributed by atoms with Gasteiger partial charge in [-0.25, -0.2) is 0 Å². The van der Waals surface area contributed by atoms with Gasteiger partial charge in [0.05, 0.1) is 0 Å². The number of nitrogens with one attached hydrogen (secondary N) is 2. The number of hydrogen-bond acceptors (Lipinski definition) is 2. The monoisotopic (exact) mass is 229 g/mol. The van der Waals surface area contributed by atoms with E-state index in [0.29, 0.717) is 6.04 Å². The van der Waals surface area contributed by atoms with Crippen molar-refractivity contribution >= 4 is 17.3 Å². The Kier molecular flexibility index (Phi) is 5.95. The van der Waals surface area contributed by atoms with Crippen molar-refractivity contribution in [2.24, 2.45) is 0 Å². The van der Waals surface area contributed by atoms with Gasteiger partial charge in [-0.05, 0) is 44.6 Å². The normalized spacial score (nSPS) is 21.6. The van der Waals surface area contributed by atoms with Gasteiger partial charge in [0.1, 0.15) is 0 Å². The first kappa shape index (κ1) is 12.7. The number of likely N-dealkylation sites (N-methyl/N-ethyl adjacent to an activating group) is 1. The lowest BCUT2D eigenvalue weighted by molar-refractivity contribution is 0.267. The van der Waals surface area contributed by atoms with E-state index in [2.05, 4.69) is 29.4 Å². The van der Waals surface area contributed by atoms with E-state index < -0.39 is 0 Å². The standard InChI is InChI=1S/C11H23N3S/c1-3-7-12-11(15)13-9-10-6-5-8-14(10)4-2/h10H,3-9H2,1-2H3,(H2,12,13,15)/t10-/m0/s1. The molecule has 0 spiro atoms. The average Bonchev–Trinajstić information content (AvgIpc) is 2.70. The molecule has 0 bridgehead atoms. The summed E-state index contributed by atoms with van der Waals surface area (Å²) < 4.78 is 0. The Morgan fingerprint density at radius 1 is 1.40 bits per heavy atom. The van der Waals surface area contributed by atoms with Gasteiger partial charge < -0.3 is 10.6 Å². The Labute approximate surface area is 98.6 Å². The summed E-state index contributed by atoms with van der Waals surface area (Å²) in [6.07, 6.45) is 3.75. The largest absolute Gasteiger partial charge is 0.363 e. The number of likely N-dealkylation sites (tertiary alicyclic amines) is 1. The molecule has 2 N–H and O–H groups in total. The molecule has 88 valence electrons. The van der Waals surface area contributed by atoms with E-state index >= 15 is 0 Å². The SMILES string of the molecule is CCCNC(=S)NC[C@@H]1CCCN1CC. The summed E-state index contributed by atoms with van der Waals surface area (Å²) in [5, 5.41) is 7.30. The van der Waals surface area contributed by atoms with Gasteiger partial charge >= 0.3 is 0 Å². The van der Waals surface area contributed by atoms with Crippen LogP contribution in [-0.4, -0.2) is 42.2 Å². The van der Waals surface area contributed by atoms with E-state index in [4.69, 9.17) is 12.2 Å². The summed E-state index contributed by atoms with van der Waals surface area (Å²) >= 11 is 5.19. The van der Waals surface area contributed by atoms with Crippen molar-refractivity contribution in [3.05, 3.63) is 0 Å². The lowest BCUT2D eigenvalue weighted by atomic mass is 10.2. The molecular weight excluding hydrogens is 206 g/mol. The summed E-state index contributed by atoms with van der Waals surface area (Å²) in [6, 6.07) is 0.677. The highest BCUT2D eigenvalue weighted by Gasteiger charge is 2.22. The molecule has 0 aromatic carbocycles. The van der Waals surface area contributed by atoms with Crippen molar-refractivity contribution in [1.82, 2.24) is 15.5 Å². The van der Waals surface area contributed by atoms with Gasteiger partial charge in [0.2, 0.25) is 0 Å². The smallest absolute Gasteiger partial charge is 0.166 e. The molecule has 1 atom stereocenters. The van der Waals surface area contributed by atoms with Crippen LogP contribution in [0, 0.1) is 0 Å². The van der Waals surface area contributed by atoms with E-state index in [9.17, 15) is 0 Å². The molecule has 0 aromatic rings. The van der Waals surface area contributed by atoms with Gasteiger partial charge in [0.25, 0.3) is 0 Å². The van der Waals surface area contributed by atoms with E-state index in [0.717, 1.165) is 31.2 Å². The van der Waals surface area contributed by atoms with Crippen LogP contribution in [0.25, 0.3) is 0 Å². The van der Waals surface area contributed by atoms with Crippen molar-refractivity contribution in [2.45, 2.75) is 39.2 Å². The molecule has 15 heavy (non-hydrogen) atoms. The van der Waals surface area contributed by atoms with E-state index in [-0.39, 0.29) is 0 Å². The van der Waals surface area contributed by atoms with Crippen LogP contribution in [0.1, 0.15) is 33.1 Å². The highest BCUT2D eigenvalue weighted by atomic mass is 32.1. The van der Waals surface area contributed by atoms with Crippen LogP contribution in [0.5, 0.6) is 0 Å². The van der Waals surface area contributed by atoms with Gasteiger partial charge in [-0.3, -0.25) is 4.90 Å². The third-order valence-electron chi connectivity index (χ3n) is 2.94. The molecule has 1 aliphatic heterocycles. The molecule has 0 aromatic heterocycles. The molecule has 0 radical (unpaired) electrons. The second-order valence-electron chi connectivity index (χ2n) is 4.06. The fourth-order valence-corrected chi connectivity index (χ4v) is 2.24. The number of hydrogen-bond donors (Lipinski definition) is 2. The van der Waals surface area contributed by atoms with Crippen LogP contribution in [0.15, 0.2) is 0 Å². The molecule has 1 rings (SSSR count). The van der Waals surface area contributed by atoms with Crippen LogP contribution in [-0.2, 0) is 0 Å². The predicted molar refractivity (Wildman–Crippen MR) is 69.2 cm³/mol. The first-order chi connectivity index (χ1) is 7.27. The third-order valence-corrected chi connectivity index (χ3v) is 3.23. The molecule has 1 heterocycles. The summed E-state index contributed by atoms with van der Waals surface area (Å²) in [7, 11) is 0. The molecule has 1 aliphatic rings. The second-order valence-corrected chi connectivity index (χ2v) is 4.47. The molecule has 4 heteroatoms.